The van der Waals surface area contributed by atoms with Gasteiger partial charge >= 0.3 is 5.97 Å². The van der Waals surface area contributed by atoms with Gasteiger partial charge in [0, 0.05) is 6.08 Å². The molecular formula is C7H16O3Si2. The molecule has 1 unspecified atom stereocenters. The average molecular weight is 204 g/mol. The van der Waals surface area contributed by atoms with Crippen molar-refractivity contribution < 1.29 is 13.6 Å². The van der Waals surface area contributed by atoms with Crippen molar-refractivity contribution >= 4 is 25.5 Å². The van der Waals surface area contributed by atoms with Gasteiger partial charge in [-0.3, -0.25) is 0 Å². The molecule has 0 N–H and O–H groups in total. The maximum atomic E-state index is 10.6. The molecule has 0 heterocycles. The van der Waals surface area contributed by atoms with Crippen molar-refractivity contribution in [2.45, 2.75) is 19.0 Å². The van der Waals surface area contributed by atoms with Crippen molar-refractivity contribution in [2.24, 2.45) is 0 Å². The molecule has 0 amide bonds. The van der Waals surface area contributed by atoms with Crippen LogP contribution in [0.25, 0.3) is 0 Å². The number of esters is 1. The van der Waals surface area contributed by atoms with Crippen LogP contribution in [0.4, 0.5) is 0 Å². The van der Waals surface area contributed by atoms with Crippen molar-refractivity contribution in [2.75, 3.05) is 6.61 Å². The van der Waals surface area contributed by atoms with E-state index in [0.717, 1.165) is 23.0 Å². The molecular weight excluding hydrogens is 188 g/mol. The molecule has 3 nitrogen and oxygen atoms in total. The largest absolute Gasteiger partial charge is 0.466 e. The van der Waals surface area contributed by atoms with Gasteiger partial charge in [0.2, 0.25) is 0 Å². The van der Waals surface area contributed by atoms with E-state index in [1.54, 1.807) is 0 Å². The molecule has 5 heteroatoms. The molecule has 0 saturated carbocycles. The molecule has 12 heavy (non-hydrogen) atoms. The zero-order chi connectivity index (χ0) is 9.40. The molecule has 0 aromatic heterocycles. The maximum Gasteiger partial charge on any atom is 0.330 e. The van der Waals surface area contributed by atoms with Crippen LogP contribution < -0.4 is 0 Å². The van der Waals surface area contributed by atoms with Gasteiger partial charge in [-0.2, -0.15) is 0 Å². The third kappa shape index (κ3) is 6.32. The second kappa shape index (κ2) is 7.26. The fraction of sp³-hybridized carbons (Fsp3) is 0.571. The Morgan fingerprint density at radius 1 is 1.75 bits per heavy atom. The molecule has 0 spiro atoms. The normalized spacial score (nSPS) is 12.4. The minimum absolute atomic E-state index is 0.337. The first-order valence-corrected chi connectivity index (χ1v) is 7.28. The molecule has 0 aromatic carbocycles. The van der Waals surface area contributed by atoms with E-state index in [1.807, 2.05) is 0 Å². The standard InChI is InChI=1S/C7H16O3Si2/c1-3-7(8)9-5-4-6-12(2)10-11/h3,12H,1,4-6H2,2,11H3. The number of hydrogen-bond acceptors (Lipinski definition) is 3. The fourth-order valence-electron chi connectivity index (χ4n) is 0.720. The van der Waals surface area contributed by atoms with Gasteiger partial charge in [0.25, 0.3) is 0 Å². The van der Waals surface area contributed by atoms with E-state index < -0.39 is 9.04 Å². The summed E-state index contributed by atoms with van der Waals surface area (Å²) in [6, 6.07) is 1.08. The molecule has 0 radical (unpaired) electrons. The Balaban J connectivity index is 3.21. The Labute approximate surface area is 78.0 Å². The summed E-state index contributed by atoms with van der Waals surface area (Å²) >= 11 is 0. The number of rotatable bonds is 6. The van der Waals surface area contributed by atoms with Crippen molar-refractivity contribution in [1.82, 2.24) is 0 Å². The summed E-state index contributed by atoms with van der Waals surface area (Å²) in [5.41, 5.74) is 0. The van der Waals surface area contributed by atoms with E-state index in [4.69, 9.17) is 8.85 Å². The summed E-state index contributed by atoms with van der Waals surface area (Å²) in [5, 5.41) is 0. The molecule has 0 rings (SSSR count). The number of carbonyl (C=O) groups is 1. The van der Waals surface area contributed by atoms with Gasteiger partial charge in [-0.05, 0) is 19.0 Å². The lowest BCUT2D eigenvalue weighted by Gasteiger charge is -2.07. The zero-order valence-electron chi connectivity index (χ0n) is 7.71. The summed E-state index contributed by atoms with van der Waals surface area (Å²) in [7, 11) is -0.0823. The van der Waals surface area contributed by atoms with Gasteiger partial charge < -0.3 is 8.85 Å². The second-order valence-corrected chi connectivity index (χ2v) is 6.64. The van der Waals surface area contributed by atoms with E-state index in [-0.39, 0.29) is 5.97 Å². The monoisotopic (exact) mass is 204 g/mol. The van der Waals surface area contributed by atoms with Crippen LogP contribution in [0, 0.1) is 0 Å². The minimum atomic E-state index is -0.909. The molecule has 0 aromatic rings. The van der Waals surface area contributed by atoms with Crippen LogP contribution in [0.15, 0.2) is 12.7 Å². The first-order chi connectivity index (χ1) is 5.70. The quantitative estimate of drug-likeness (QED) is 0.259. The van der Waals surface area contributed by atoms with Crippen LogP contribution in [0.3, 0.4) is 0 Å². The highest BCUT2D eigenvalue weighted by molar-refractivity contribution is 6.54. The van der Waals surface area contributed by atoms with Gasteiger partial charge in [0.05, 0.1) is 6.61 Å². The van der Waals surface area contributed by atoms with Crippen LogP contribution in [0.5, 0.6) is 0 Å². The van der Waals surface area contributed by atoms with Crippen molar-refractivity contribution in [1.29, 1.82) is 0 Å². The van der Waals surface area contributed by atoms with Gasteiger partial charge in [-0.25, -0.2) is 4.79 Å². The predicted molar refractivity (Wildman–Crippen MR) is 54.6 cm³/mol. The molecule has 0 aliphatic carbocycles. The van der Waals surface area contributed by atoms with Gasteiger partial charge in [-0.1, -0.05) is 6.58 Å². The highest BCUT2D eigenvalue weighted by Crippen LogP contribution is 1.98. The Morgan fingerprint density at radius 3 is 2.92 bits per heavy atom. The minimum Gasteiger partial charge on any atom is -0.466 e. The smallest absolute Gasteiger partial charge is 0.330 e. The average Bonchev–Trinajstić information content (AvgIpc) is 2.11. The van der Waals surface area contributed by atoms with Crippen molar-refractivity contribution in [3.05, 3.63) is 12.7 Å². The molecule has 0 saturated heterocycles. The Bertz CT molecular complexity index is 150. The van der Waals surface area contributed by atoms with Crippen LogP contribution >= 0.6 is 0 Å². The highest BCUT2D eigenvalue weighted by Gasteiger charge is 2.01. The van der Waals surface area contributed by atoms with E-state index in [0.29, 0.717) is 6.61 Å². The molecule has 0 fully saturated rings. The fourth-order valence-corrected chi connectivity index (χ4v) is 2.40. The van der Waals surface area contributed by atoms with Crippen LogP contribution in [-0.4, -0.2) is 32.1 Å². The third-order valence-electron chi connectivity index (χ3n) is 1.57. The molecule has 0 bridgehead atoms. The van der Waals surface area contributed by atoms with E-state index in [9.17, 15) is 4.79 Å². The van der Waals surface area contributed by atoms with E-state index >= 15 is 0 Å². The van der Waals surface area contributed by atoms with Crippen molar-refractivity contribution in [3.8, 4) is 0 Å². The number of hydrogen-bond donors (Lipinski definition) is 0. The molecule has 0 aliphatic heterocycles. The second-order valence-electron chi connectivity index (χ2n) is 2.56. The number of ether oxygens (including phenoxy) is 1. The lowest BCUT2D eigenvalue weighted by Crippen LogP contribution is -2.12. The molecule has 70 valence electrons. The first kappa shape index (κ1) is 11.6. The lowest BCUT2D eigenvalue weighted by atomic mass is 10.5. The zero-order valence-corrected chi connectivity index (χ0v) is 10.9. The van der Waals surface area contributed by atoms with Crippen molar-refractivity contribution in [3.63, 3.8) is 0 Å². The maximum absolute atomic E-state index is 10.6. The Hall–Kier alpha value is -0.396. The highest BCUT2D eigenvalue weighted by atomic mass is 28.3. The molecule has 0 aliphatic rings. The SMILES string of the molecule is C=CC(=O)OCCC[SiH](C)O[SiH3]. The molecule has 1 atom stereocenters. The topological polar surface area (TPSA) is 35.5 Å². The Morgan fingerprint density at radius 2 is 2.42 bits per heavy atom. The van der Waals surface area contributed by atoms with Gasteiger partial charge in [0.15, 0.2) is 9.04 Å². The Kier molecular flexibility index (Phi) is 7.02. The van der Waals surface area contributed by atoms with Crippen LogP contribution in [0.1, 0.15) is 6.42 Å². The van der Waals surface area contributed by atoms with Gasteiger partial charge in [-0.15, -0.1) is 0 Å². The first-order valence-electron chi connectivity index (χ1n) is 4.02. The number of carbonyl (C=O) groups excluding carboxylic acids is 1. The van der Waals surface area contributed by atoms with Gasteiger partial charge in [0.1, 0.15) is 10.5 Å². The third-order valence-corrected chi connectivity index (χ3v) is 6.01. The summed E-state index contributed by atoms with van der Waals surface area (Å²) in [5.74, 6) is -0.337. The van der Waals surface area contributed by atoms with E-state index in [1.165, 1.54) is 6.08 Å². The van der Waals surface area contributed by atoms with Crippen LogP contribution in [0.2, 0.25) is 12.6 Å². The summed E-state index contributed by atoms with van der Waals surface area (Å²) in [6.07, 6.45) is 2.10. The summed E-state index contributed by atoms with van der Waals surface area (Å²) in [4.78, 5) is 10.6. The van der Waals surface area contributed by atoms with Crippen LogP contribution in [-0.2, 0) is 13.6 Å². The summed E-state index contributed by atoms with van der Waals surface area (Å²) < 4.78 is 10.1. The predicted octanol–water partition coefficient (Wildman–Crippen LogP) is -0.244. The summed E-state index contributed by atoms with van der Waals surface area (Å²) in [6.45, 7) is 5.95. The lowest BCUT2D eigenvalue weighted by molar-refractivity contribution is -0.137. The van der Waals surface area contributed by atoms with E-state index in [2.05, 4.69) is 13.1 Å².